The summed E-state index contributed by atoms with van der Waals surface area (Å²) in [4.78, 5) is 36.6. The molecule has 0 aliphatic rings. The van der Waals surface area contributed by atoms with Crippen LogP contribution < -0.4 is 5.11 Å². The highest BCUT2D eigenvalue weighted by atomic mass is 16.6. The van der Waals surface area contributed by atoms with Gasteiger partial charge in [-0.15, -0.1) is 0 Å². The van der Waals surface area contributed by atoms with Gasteiger partial charge in [0.05, 0.1) is 40.3 Å². The van der Waals surface area contributed by atoms with Gasteiger partial charge < -0.3 is 28.6 Å². The van der Waals surface area contributed by atoms with Gasteiger partial charge >= 0.3 is 11.9 Å². The molecular weight excluding hydrogens is 630 g/mol. The van der Waals surface area contributed by atoms with Gasteiger partial charge in [0.1, 0.15) is 12.6 Å². The predicted molar refractivity (Wildman–Crippen MR) is 203 cm³/mol. The molecule has 0 fully saturated rings. The molecule has 0 aromatic carbocycles. The first-order chi connectivity index (χ1) is 24.1. The Morgan fingerprint density at radius 2 is 1.20 bits per heavy atom. The van der Waals surface area contributed by atoms with Crippen molar-refractivity contribution in [3.05, 3.63) is 60.8 Å². The minimum atomic E-state index is -1.14. The first-order valence-electron chi connectivity index (χ1n) is 19.3. The summed E-state index contributed by atoms with van der Waals surface area (Å²) in [5.41, 5.74) is 0. The zero-order valence-electron chi connectivity index (χ0n) is 32.3. The number of carboxylic acids is 1. The number of carbonyl (C=O) groups is 3. The third-order valence-corrected chi connectivity index (χ3v) is 8.17. The van der Waals surface area contributed by atoms with Gasteiger partial charge in [-0.3, -0.25) is 9.59 Å². The van der Waals surface area contributed by atoms with E-state index in [4.69, 9.17) is 14.2 Å². The average Bonchev–Trinajstić information content (AvgIpc) is 3.06. The summed E-state index contributed by atoms with van der Waals surface area (Å²) < 4.78 is 17.0. The summed E-state index contributed by atoms with van der Waals surface area (Å²) in [7, 11) is 5.37. The lowest BCUT2D eigenvalue weighted by molar-refractivity contribution is -0.889. The van der Waals surface area contributed by atoms with Crippen molar-refractivity contribution in [1.29, 1.82) is 0 Å². The van der Waals surface area contributed by atoms with E-state index < -0.39 is 18.1 Å². The van der Waals surface area contributed by atoms with Crippen LogP contribution in [-0.4, -0.2) is 75.5 Å². The molecule has 286 valence electrons. The number of carboxylic acid groups (broad SMARTS) is 1. The van der Waals surface area contributed by atoms with Gasteiger partial charge in [-0.25, -0.2) is 0 Å². The van der Waals surface area contributed by atoms with E-state index in [2.05, 4.69) is 74.6 Å². The number of esters is 2. The minimum absolute atomic E-state index is 0.0139. The molecule has 2 unspecified atom stereocenters. The third kappa shape index (κ3) is 31.0. The van der Waals surface area contributed by atoms with Gasteiger partial charge in [0.2, 0.25) is 0 Å². The van der Waals surface area contributed by atoms with Crippen LogP contribution in [0.4, 0.5) is 0 Å². The Hall–Kier alpha value is -2.97. The van der Waals surface area contributed by atoms with Crippen molar-refractivity contribution in [2.24, 2.45) is 0 Å². The lowest BCUT2D eigenvalue weighted by Crippen LogP contribution is -2.55. The SMILES string of the molecule is CC/C=C/C/C=C/C/C=C/CCCC(=O)OC(COCCC(C(=O)[O-])[N+](C)(C)C)COC(=O)CCCCCCCC/C=C/C=C/CCCCC. The molecule has 0 bridgehead atoms. The van der Waals surface area contributed by atoms with Crippen LogP contribution in [0.3, 0.4) is 0 Å². The fourth-order valence-corrected chi connectivity index (χ4v) is 5.14. The highest BCUT2D eigenvalue weighted by Crippen LogP contribution is 2.12. The van der Waals surface area contributed by atoms with E-state index in [9.17, 15) is 19.5 Å². The molecule has 0 saturated carbocycles. The monoisotopic (exact) mass is 702 g/mol. The van der Waals surface area contributed by atoms with Gasteiger partial charge in [0, 0.05) is 19.3 Å². The maximum atomic E-state index is 12.6. The molecule has 0 aromatic heterocycles. The van der Waals surface area contributed by atoms with Crippen LogP contribution in [0.1, 0.15) is 136 Å². The van der Waals surface area contributed by atoms with Crippen LogP contribution in [0.5, 0.6) is 0 Å². The quantitative estimate of drug-likeness (QED) is 0.0222. The molecular formula is C42H71NO7. The van der Waals surface area contributed by atoms with Gasteiger partial charge in [0.25, 0.3) is 0 Å². The molecule has 8 nitrogen and oxygen atoms in total. The molecule has 0 spiro atoms. The fraction of sp³-hybridized carbons (Fsp3) is 0.690. The minimum Gasteiger partial charge on any atom is -0.544 e. The van der Waals surface area contributed by atoms with Crippen molar-refractivity contribution in [2.45, 2.75) is 148 Å². The first-order valence-corrected chi connectivity index (χ1v) is 19.3. The molecule has 0 heterocycles. The summed E-state index contributed by atoms with van der Waals surface area (Å²) >= 11 is 0. The van der Waals surface area contributed by atoms with Gasteiger partial charge in [-0.2, -0.15) is 0 Å². The number of hydrogen-bond acceptors (Lipinski definition) is 7. The standard InChI is InChI=1S/C42H71NO7/c1-6-8-10-12-14-16-18-19-20-21-23-24-26-28-30-32-40(44)49-37-38(36-48-35-34-39(42(46)47)43(3,4)5)50-41(45)33-31-29-27-25-22-17-15-13-11-9-7-2/h9,11,14-19,25,27,38-39H,6-8,10,12-13,20-24,26,28-37H2,1-5H3/b11-9+,16-14+,17-15+,19-18+,27-25+. The number of aliphatic carboxylic acids is 1. The summed E-state index contributed by atoms with van der Waals surface area (Å²) in [5, 5.41) is 11.6. The molecule has 0 aliphatic carbocycles. The van der Waals surface area contributed by atoms with E-state index in [1.165, 1.54) is 32.1 Å². The Balaban J connectivity index is 4.49. The Morgan fingerprint density at radius 3 is 1.82 bits per heavy atom. The van der Waals surface area contributed by atoms with Crippen molar-refractivity contribution in [2.75, 3.05) is 41.0 Å². The summed E-state index contributed by atoms with van der Waals surface area (Å²) in [6.07, 6.45) is 38.3. The highest BCUT2D eigenvalue weighted by molar-refractivity contribution is 5.70. The Morgan fingerprint density at radius 1 is 0.640 bits per heavy atom. The molecule has 0 aliphatic heterocycles. The second-order valence-corrected chi connectivity index (χ2v) is 13.8. The lowest BCUT2D eigenvalue weighted by atomic mass is 10.1. The third-order valence-electron chi connectivity index (χ3n) is 8.17. The second kappa shape index (κ2) is 33.2. The molecule has 8 heteroatoms. The number of rotatable bonds is 33. The molecule has 0 N–H and O–H groups in total. The van der Waals surface area contributed by atoms with E-state index in [1.54, 1.807) is 21.1 Å². The van der Waals surface area contributed by atoms with E-state index in [1.807, 2.05) is 0 Å². The fourth-order valence-electron chi connectivity index (χ4n) is 5.14. The number of unbranched alkanes of at least 4 members (excludes halogenated alkanes) is 10. The normalized spacial score (nSPS) is 13.7. The molecule has 0 saturated heterocycles. The van der Waals surface area contributed by atoms with Crippen LogP contribution in [0.2, 0.25) is 0 Å². The van der Waals surface area contributed by atoms with Crippen LogP contribution >= 0.6 is 0 Å². The van der Waals surface area contributed by atoms with E-state index >= 15 is 0 Å². The predicted octanol–water partition coefficient (Wildman–Crippen LogP) is 8.52. The lowest BCUT2D eigenvalue weighted by Gasteiger charge is -2.34. The summed E-state index contributed by atoms with van der Waals surface area (Å²) in [6.45, 7) is 4.41. The van der Waals surface area contributed by atoms with Crippen molar-refractivity contribution in [3.63, 3.8) is 0 Å². The summed E-state index contributed by atoms with van der Waals surface area (Å²) in [5.74, 6) is -1.83. The van der Waals surface area contributed by atoms with Crippen molar-refractivity contribution < 1.29 is 38.2 Å². The number of ether oxygens (including phenoxy) is 3. The summed E-state index contributed by atoms with van der Waals surface area (Å²) in [6, 6.07) is -0.737. The topological polar surface area (TPSA) is 102 Å². The van der Waals surface area contributed by atoms with Crippen LogP contribution in [-0.2, 0) is 28.6 Å². The van der Waals surface area contributed by atoms with Gasteiger partial charge in [-0.1, -0.05) is 113 Å². The average molecular weight is 702 g/mol. The zero-order chi connectivity index (χ0) is 37.1. The molecule has 0 radical (unpaired) electrons. The number of allylic oxidation sites excluding steroid dienone is 10. The van der Waals surface area contributed by atoms with Crippen molar-refractivity contribution in [3.8, 4) is 0 Å². The molecule has 50 heavy (non-hydrogen) atoms. The van der Waals surface area contributed by atoms with Crippen molar-refractivity contribution in [1.82, 2.24) is 0 Å². The number of carbonyl (C=O) groups excluding carboxylic acids is 3. The van der Waals surface area contributed by atoms with Gasteiger partial charge in [0.15, 0.2) is 6.10 Å². The number of hydrogen-bond donors (Lipinski definition) is 0. The number of likely N-dealkylation sites (N-methyl/N-ethyl adjacent to an activating group) is 1. The Bertz CT molecular complexity index is 1010. The zero-order valence-corrected chi connectivity index (χ0v) is 32.3. The first kappa shape index (κ1) is 47.0. The maximum absolute atomic E-state index is 12.6. The highest BCUT2D eigenvalue weighted by Gasteiger charge is 2.25. The largest absolute Gasteiger partial charge is 0.544 e. The van der Waals surface area contributed by atoms with E-state index in [0.29, 0.717) is 12.8 Å². The van der Waals surface area contributed by atoms with Crippen LogP contribution in [0.25, 0.3) is 0 Å². The molecule has 0 aromatic rings. The molecule has 2 atom stereocenters. The van der Waals surface area contributed by atoms with Gasteiger partial charge in [-0.05, 0) is 64.2 Å². The van der Waals surface area contributed by atoms with E-state index in [-0.39, 0.29) is 49.1 Å². The van der Waals surface area contributed by atoms with Crippen LogP contribution in [0, 0.1) is 0 Å². The van der Waals surface area contributed by atoms with Crippen molar-refractivity contribution >= 4 is 17.9 Å². The number of quaternary nitrogens is 1. The smallest absolute Gasteiger partial charge is 0.306 e. The van der Waals surface area contributed by atoms with Crippen LogP contribution in [0.15, 0.2) is 60.8 Å². The number of nitrogens with zero attached hydrogens (tertiary/aromatic N) is 1. The Kier molecular flexibility index (Phi) is 31.2. The van der Waals surface area contributed by atoms with E-state index in [0.717, 1.165) is 64.2 Å². The maximum Gasteiger partial charge on any atom is 0.306 e. The molecule has 0 rings (SSSR count). The molecule has 0 amide bonds. The Labute approximate surface area is 305 Å². The second-order valence-electron chi connectivity index (χ2n) is 13.8.